The van der Waals surface area contributed by atoms with Crippen LogP contribution in [0.1, 0.15) is 49.7 Å². The van der Waals surface area contributed by atoms with Gasteiger partial charge in [0.2, 0.25) is 0 Å². The lowest BCUT2D eigenvalue weighted by molar-refractivity contribution is -0.00530. The molecule has 3 nitrogen and oxygen atoms in total. The van der Waals surface area contributed by atoms with Gasteiger partial charge in [-0.3, -0.25) is 0 Å². The van der Waals surface area contributed by atoms with E-state index in [1.807, 2.05) is 0 Å². The van der Waals surface area contributed by atoms with Crippen molar-refractivity contribution in [2.75, 3.05) is 11.9 Å². The molecule has 0 saturated heterocycles. The van der Waals surface area contributed by atoms with Gasteiger partial charge in [0.05, 0.1) is 5.56 Å². The Balaban J connectivity index is 1.65. The monoisotopic (exact) mass is 267 g/mol. The molecule has 1 aliphatic heterocycles. The zero-order valence-corrected chi connectivity index (χ0v) is 11.9. The van der Waals surface area contributed by atoms with Crippen molar-refractivity contribution in [3.8, 4) is 6.07 Å². The Morgan fingerprint density at radius 1 is 1.15 bits per heavy atom. The Labute approximate surface area is 120 Å². The Morgan fingerprint density at radius 3 is 2.40 bits per heavy atom. The Hall–Kier alpha value is -1.43. The summed E-state index contributed by atoms with van der Waals surface area (Å²) in [7, 11) is 0. The molecule has 0 atom stereocenters. The Morgan fingerprint density at radius 2 is 1.80 bits per heavy atom. The summed E-state index contributed by atoms with van der Waals surface area (Å²) in [6.45, 7) is 2.00. The number of aromatic nitrogens is 1. The van der Waals surface area contributed by atoms with E-state index in [2.05, 4.69) is 22.1 Å². The van der Waals surface area contributed by atoms with E-state index in [1.165, 1.54) is 44.1 Å². The van der Waals surface area contributed by atoms with Crippen molar-refractivity contribution in [3.05, 3.63) is 17.3 Å². The van der Waals surface area contributed by atoms with E-state index in [9.17, 15) is 5.26 Å². The number of anilines is 1. The van der Waals surface area contributed by atoms with Crippen LogP contribution in [0.25, 0.3) is 0 Å². The Kier molecular flexibility index (Phi) is 2.03. The van der Waals surface area contributed by atoms with E-state index >= 15 is 0 Å². The molecule has 1 aromatic rings. The average Bonchev–Trinajstić information content (AvgIpc) is 2.96. The van der Waals surface area contributed by atoms with Crippen LogP contribution in [0, 0.1) is 29.1 Å². The van der Waals surface area contributed by atoms with Crippen molar-refractivity contribution in [2.24, 2.45) is 17.8 Å². The number of nitrogens with zero attached hydrogens (tertiary/aromatic N) is 2. The summed E-state index contributed by atoms with van der Waals surface area (Å²) in [5.74, 6) is 3.92. The van der Waals surface area contributed by atoms with Gasteiger partial charge in [-0.25, -0.2) is 0 Å². The van der Waals surface area contributed by atoms with Crippen LogP contribution in [0.3, 0.4) is 0 Å². The van der Waals surface area contributed by atoms with Gasteiger partial charge in [-0.1, -0.05) is 0 Å². The fraction of sp³-hybridized carbons (Fsp3) is 0.706. The van der Waals surface area contributed by atoms with Gasteiger partial charge in [-0.05, 0) is 67.3 Å². The summed E-state index contributed by atoms with van der Waals surface area (Å²) in [4.78, 5) is 0. The van der Waals surface area contributed by atoms with Gasteiger partial charge < -0.3 is 9.88 Å². The highest BCUT2D eigenvalue weighted by atomic mass is 15.2. The van der Waals surface area contributed by atoms with Gasteiger partial charge in [0, 0.05) is 19.3 Å². The maximum atomic E-state index is 9.67. The van der Waals surface area contributed by atoms with Gasteiger partial charge in [0.1, 0.15) is 11.9 Å². The molecule has 4 aliphatic carbocycles. The zero-order valence-electron chi connectivity index (χ0n) is 11.9. The standard InChI is InChI=1S/C17H21N3/c18-9-14-15(10-20-2-1-19-16(14)20)17-6-11-3-12(7-17)5-13(4-11)8-17/h10-13,19H,1-8H2. The molecule has 4 fully saturated rings. The molecule has 0 spiro atoms. The highest BCUT2D eigenvalue weighted by Gasteiger charge is 2.53. The van der Waals surface area contributed by atoms with Crippen LogP contribution in [-0.4, -0.2) is 11.1 Å². The van der Waals surface area contributed by atoms with E-state index in [4.69, 9.17) is 0 Å². The zero-order chi connectivity index (χ0) is 13.3. The molecule has 4 saturated carbocycles. The van der Waals surface area contributed by atoms with Crippen LogP contribution >= 0.6 is 0 Å². The predicted octanol–water partition coefficient (Wildman–Crippen LogP) is 3.25. The number of nitriles is 1. The predicted molar refractivity (Wildman–Crippen MR) is 77.5 cm³/mol. The summed E-state index contributed by atoms with van der Waals surface area (Å²) < 4.78 is 2.28. The van der Waals surface area contributed by atoms with Crippen LogP contribution in [0.15, 0.2) is 6.20 Å². The number of rotatable bonds is 1. The van der Waals surface area contributed by atoms with Crippen LogP contribution in [0.5, 0.6) is 0 Å². The van der Waals surface area contributed by atoms with E-state index in [0.29, 0.717) is 5.41 Å². The molecule has 6 rings (SSSR count). The van der Waals surface area contributed by atoms with Gasteiger partial charge >= 0.3 is 0 Å². The van der Waals surface area contributed by atoms with Crippen molar-refractivity contribution in [2.45, 2.75) is 50.5 Å². The molecule has 2 heterocycles. The first kappa shape index (κ1) is 11.3. The minimum atomic E-state index is 0.346. The van der Waals surface area contributed by atoms with Crippen LogP contribution in [0.2, 0.25) is 0 Å². The highest BCUT2D eigenvalue weighted by molar-refractivity contribution is 5.62. The van der Waals surface area contributed by atoms with Crippen molar-refractivity contribution in [1.82, 2.24) is 4.57 Å². The minimum absolute atomic E-state index is 0.346. The van der Waals surface area contributed by atoms with Gasteiger partial charge in [-0.2, -0.15) is 5.26 Å². The molecule has 5 aliphatic rings. The second kappa shape index (κ2) is 3.61. The molecule has 4 bridgehead atoms. The van der Waals surface area contributed by atoms with Gasteiger partial charge in [0.15, 0.2) is 0 Å². The van der Waals surface area contributed by atoms with E-state index in [1.54, 1.807) is 0 Å². The Bertz CT molecular complexity index is 584. The lowest BCUT2D eigenvalue weighted by Gasteiger charge is -2.57. The first-order valence-corrected chi connectivity index (χ1v) is 8.15. The number of hydrogen-bond acceptors (Lipinski definition) is 2. The summed E-state index contributed by atoms with van der Waals surface area (Å²) in [5, 5.41) is 13.1. The van der Waals surface area contributed by atoms with Gasteiger partial charge in [0.25, 0.3) is 0 Å². The molecular formula is C17H21N3. The van der Waals surface area contributed by atoms with Crippen molar-refractivity contribution in [3.63, 3.8) is 0 Å². The van der Waals surface area contributed by atoms with Crippen LogP contribution in [0.4, 0.5) is 5.82 Å². The smallest absolute Gasteiger partial charge is 0.124 e. The van der Waals surface area contributed by atoms with E-state index in [-0.39, 0.29) is 0 Å². The number of fused-ring (bicyclic) bond motifs is 1. The van der Waals surface area contributed by atoms with Gasteiger partial charge in [-0.15, -0.1) is 0 Å². The average molecular weight is 267 g/mol. The van der Waals surface area contributed by atoms with E-state index < -0.39 is 0 Å². The third-order valence-corrected chi connectivity index (χ3v) is 6.44. The lowest BCUT2D eigenvalue weighted by Crippen LogP contribution is -2.48. The molecule has 0 aromatic carbocycles. The molecule has 1 aromatic heterocycles. The molecule has 104 valence electrons. The van der Waals surface area contributed by atoms with Crippen molar-refractivity contribution < 1.29 is 0 Å². The molecule has 0 unspecified atom stereocenters. The molecule has 0 amide bonds. The van der Waals surface area contributed by atoms with Crippen LogP contribution in [-0.2, 0) is 12.0 Å². The molecule has 3 heteroatoms. The van der Waals surface area contributed by atoms with Crippen LogP contribution < -0.4 is 5.32 Å². The third kappa shape index (κ3) is 1.30. The summed E-state index contributed by atoms with van der Waals surface area (Å²) in [6.07, 6.45) is 10.7. The fourth-order valence-electron chi connectivity index (χ4n) is 6.17. The highest BCUT2D eigenvalue weighted by Crippen LogP contribution is 2.61. The molecule has 1 N–H and O–H groups in total. The quantitative estimate of drug-likeness (QED) is 0.848. The lowest BCUT2D eigenvalue weighted by atomic mass is 9.48. The maximum absolute atomic E-state index is 9.67. The summed E-state index contributed by atoms with van der Waals surface area (Å²) in [5.41, 5.74) is 2.70. The first-order valence-electron chi connectivity index (χ1n) is 8.15. The molecular weight excluding hydrogens is 246 g/mol. The SMILES string of the molecule is N#Cc1c(C23CC4CC(CC(C4)C2)C3)cn2c1NCC2. The van der Waals surface area contributed by atoms with Crippen molar-refractivity contribution in [1.29, 1.82) is 5.26 Å². The maximum Gasteiger partial charge on any atom is 0.124 e. The minimum Gasteiger partial charge on any atom is -0.369 e. The van der Waals surface area contributed by atoms with E-state index in [0.717, 1.165) is 42.2 Å². The molecule has 0 radical (unpaired) electrons. The second-order valence-corrected chi connectivity index (χ2v) is 7.70. The third-order valence-electron chi connectivity index (χ3n) is 6.44. The summed E-state index contributed by atoms with van der Waals surface area (Å²) in [6, 6.07) is 2.52. The number of hydrogen-bond donors (Lipinski definition) is 1. The topological polar surface area (TPSA) is 40.8 Å². The molecule has 20 heavy (non-hydrogen) atoms. The normalized spacial score (nSPS) is 40.5. The first-order chi connectivity index (χ1) is 9.77. The van der Waals surface area contributed by atoms with Crippen molar-refractivity contribution >= 4 is 5.82 Å². The second-order valence-electron chi connectivity index (χ2n) is 7.70. The fourth-order valence-corrected chi connectivity index (χ4v) is 6.17. The summed E-state index contributed by atoms with van der Waals surface area (Å²) >= 11 is 0. The number of nitrogens with one attached hydrogen (secondary N) is 1. The largest absolute Gasteiger partial charge is 0.369 e.